The molecule has 0 saturated heterocycles. The minimum Gasteiger partial charge on any atom is -0.465 e. The van der Waals surface area contributed by atoms with Gasteiger partial charge in [-0.2, -0.15) is 0 Å². The summed E-state index contributed by atoms with van der Waals surface area (Å²) in [5, 5.41) is 3.14. The molecule has 102 valence electrons. The van der Waals surface area contributed by atoms with Crippen LogP contribution in [0.1, 0.15) is 42.9 Å². The summed E-state index contributed by atoms with van der Waals surface area (Å²) in [4.78, 5) is 12.0. The van der Waals surface area contributed by atoms with Gasteiger partial charge in [0.25, 0.3) is 0 Å². The summed E-state index contributed by atoms with van der Waals surface area (Å²) < 4.78 is 5.11. The predicted octanol–water partition coefficient (Wildman–Crippen LogP) is 2.94. The van der Waals surface area contributed by atoms with E-state index < -0.39 is 6.04 Å². The number of esters is 1. The molecule has 0 heterocycles. The van der Waals surface area contributed by atoms with E-state index >= 15 is 0 Å². The molecule has 2 rings (SSSR count). The maximum atomic E-state index is 12.0. The molecule has 0 amide bonds. The summed E-state index contributed by atoms with van der Waals surface area (Å²) in [6, 6.07) is 7.87. The van der Waals surface area contributed by atoms with Gasteiger partial charge in [0.15, 0.2) is 0 Å². The lowest BCUT2D eigenvalue weighted by Crippen LogP contribution is -2.30. The standard InChI is InChI=1S/C16H21NO2/c1-3-11-17-15(16(18)19-4-2)14-9-7-13(8-10-14)12-5-6-12/h3,7-10,12,15,17H,1,4-6,11H2,2H3. The molecule has 0 aliphatic heterocycles. The number of benzene rings is 1. The molecular weight excluding hydrogens is 238 g/mol. The SMILES string of the molecule is C=CCNC(C(=O)OCC)c1ccc(C2CC2)cc1. The fraction of sp³-hybridized carbons (Fsp3) is 0.438. The molecule has 1 aliphatic carbocycles. The van der Waals surface area contributed by atoms with Gasteiger partial charge in [0, 0.05) is 6.54 Å². The zero-order chi connectivity index (χ0) is 13.7. The van der Waals surface area contributed by atoms with Crippen LogP contribution in [-0.4, -0.2) is 19.1 Å². The summed E-state index contributed by atoms with van der Waals surface area (Å²) in [6.45, 7) is 6.45. The van der Waals surface area contributed by atoms with Gasteiger partial charge in [0.2, 0.25) is 0 Å². The summed E-state index contributed by atoms with van der Waals surface area (Å²) in [6.07, 6.45) is 4.32. The first-order valence-electron chi connectivity index (χ1n) is 6.87. The highest BCUT2D eigenvalue weighted by atomic mass is 16.5. The Bertz CT molecular complexity index is 435. The maximum Gasteiger partial charge on any atom is 0.327 e. The molecular formula is C16H21NO2. The van der Waals surface area contributed by atoms with Crippen LogP contribution in [0.3, 0.4) is 0 Å². The Labute approximate surface area is 114 Å². The number of carbonyl (C=O) groups is 1. The Morgan fingerprint density at radius 3 is 2.68 bits per heavy atom. The Morgan fingerprint density at radius 2 is 2.16 bits per heavy atom. The third-order valence-corrected chi connectivity index (χ3v) is 3.31. The molecule has 1 atom stereocenters. The molecule has 3 nitrogen and oxygen atoms in total. The molecule has 1 fully saturated rings. The maximum absolute atomic E-state index is 12.0. The minimum absolute atomic E-state index is 0.233. The lowest BCUT2D eigenvalue weighted by atomic mass is 10.0. The number of carbonyl (C=O) groups excluding carboxylic acids is 1. The lowest BCUT2D eigenvalue weighted by Gasteiger charge is -2.17. The van der Waals surface area contributed by atoms with E-state index in [1.165, 1.54) is 18.4 Å². The third-order valence-electron chi connectivity index (χ3n) is 3.31. The average Bonchev–Trinajstić information content (AvgIpc) is 3.25. The molecule has 0 bridgehead atoms. The Morgan fingerprint density at radius 1 is 1.47 bits per heavy atom. The number of rotatable bonds is 7. The Hall–Kier alpha value is -1.61. The molecule has 1 aromatic rings. The largest absolute Gasteiger partial charge is 0.465 e. The highest BCUT2D eigenvalue weighted by Gasteiger charge is 2.25. The molecule has 1 N–H and O–H groups in total. The molecule has 1 aliphatic rings. The lowest BCUT2D eigenvalue weighted by molar-refractivity contribution is -0.145. The number of nitrogens with one attached hydrogen (secondary N) is 1. The van der Waals surface area contributed by atoms with Crippen molar-refractivity contribution in [3.63, 3.8) is 0 Å². The normalized spacial score (nSPS) is 15.8. The third kappa shape index (κ3) is 3.67. The van der Waals surface area contributed by atoms with E-state index in [4.69, 9.17) is 4.74 Å². The zero-order valence-corrected chi connectivity index (χ0v) is 11.4. The van der Waals surface area contributed by atoms with E-state index in [2.05, 4.69) is 24.0 Å². The van der Waals surface area contributed by atoms with Crippen molar-refractivity contribution >= 4 is 5.97 Å². The first-order valence-corrected chi connectivity index (χ1v) is 6.87. The monoisotopic (exact) mass is 259 g/mol. The van der Waals surface area contributed by atoms with Gasteiger partial charge in [-0.15, -0.1) is 6.58 Å². The second-order valence-corrected chi connectivity index (χ2v) is 4.82. The smallest absolute Gasteiger partial charge is 0.327 e. The summed E-state index contributed by atoms with van der Waals surface area (Å²) >= 11 is 0. The van der Waals surface area contributed by atoms with Gasteiger partial charge in [-0.3, -0.25) is 5.32 Å². The Balaban J connectivity index is 2.10. The minimum atomic E-state index is -0.411. The van der Waals surface area contributed by atoms with Crippen molar-refractivity contribution in [3.8, 4) is 0 Å². The number of ether oxygens (including phenoxy) is 1. The molecule has 0 radical (unpaired) electrons. The van der Waals surface area contributed by atoms with E-state index in [9.17, 15) is 4.79 Å². The van der Waals surface area contributed by atoms with Crippen molar-refractivity contribution in [2.75, 3.05) is 13.2 Å². The molecule has 1 aromatic carbocycles. The number of hydrogen-bond donors (Lipinski definition) is 1. The quantitative estimate of drug-likeness (QED) is 0.604. The van der Waals surface area contributed by atoms with Crippen molar-refractivity contribution in [2.45, 2.75) is 31.7 Å². The van der Waals surface area contributed by atoms with Gasteiger partial charge in [0.1, 0.15) is 6.04 Å². The Kier molecular flexibility index (Phi) is 4.74. The molecule has 3 heteroatoms. The second kappa shape index (κ2) is 6.53. The van der Waals surface area contributed by atoms with Crippen molar-refractivity contribution in [2.24, 2.45) is 0 Å². The van der Waals surface area contributed by atoms with Gasteiger partial charge >= 0.3 is 5.97 Å². The van der Waals surface area contributed by atoms with Crippen LogP contribution in [0.25, 0.3) is 0 Å². The van der Waals surface area contributed by atoms with Crippen LogP contribution in [0, 0.1) is 0 Å². The van der Waals surface area contributed by atoms with E-state index in [1.807, 2.05) is 19.1 Å². The second-order valence-electron chi connectivity index (χ2n) is 4.82. The number of hydrogen-bond acceptors (Lipinski definition) is 3. The predicted molar refractivity (Wildman–Crippen MR) is 76.0 cm³/mol. The summed E-state index contributed by atoms with van der Waals surface area (Å²) in [5.74, 6) is 0.500. The van der Waals surface area contributed by atoms with Crippen LogP contribution < -0.4 is 5.32 Å². The zero-order valence-electron chi connectivity index (χ0n) is 11.4. The van der Waals surface area contributed by atoms with Crippen molar-refractivity contribution < 1.29 is 9.53 Å². The topological polar surface area (TPSA) is 38.3 Å². The van der Waals surface area contributed by atoms with Crippen LogP contribution in [0.2, 0.25) is 0 Å². The average molecular weight is 259 g/mol. The van der Waals surface area contributed by atoms with Gasteiger partial charge in [-0.1, -0.05) is 30.3 Å². The molecule has 0 aromatic heterocycles. The van der Waals surface area contributed by atoms with Gasteiger partial charge < -0.3 is 4.74 Å². The fourth-order valence-corrected chi connectivity index (χ4v) is 2.14. The van der Waals surface area contributed by atoms with Gasteiger partial charge in [0.05, 0.1) is 6.61 Å². The molecule has 19 heavy (non-hydrogen) atoms. The highest BCUT2D eigenvalue weighted by molar-refractivity contribution is 5.77. The fourth-order valence-electron chi connectivity index (χ4n) is 2.14. The summed E-state index contributed by atoms with van der Waals surface area (Å²) in [5.41, 5.74) is 2.32. The van der Waals surface area contributed by atoms with Crippen LogP contribution in [0.5, 0.6) is 0 Å². The molecule has 1 saturated carbocycles. The van der Waals surface area contributed by atoms with Crippen LogP contribution in [-0.2, 0) is 9.53 Å². The van der Waals surface area contributed by atoms with Crippen LogP contribution >= 0.6 is 0 Å². The van der Waals surface area contributed by atoms with E-state index in [0.29, 0.717) is 13.2 Å². The van der Waals surface area contributed by atoms with Crippen molar-refractivity contribution in [3.05, 3.63) is 48.0 Å². The van der Waals surface area contributed by atoms with Gasteiger partial charge in [-0.25, -0.2) is 4.79 Å². The van der Waals surface area contributed by atoms with E-state index in [1.54, 1.807) is 6.08 Å². The van der Waals surface area contributed by atoms with Crippen LogP contribution in [0.15, 0.2) is 36.9 Å². The summed E-state index contributed by atoms with van der Waals surface area (Å²) in [7, 11) is 0. The van der Waals surface area contributed by atoms with Gasteiger partial charge in [-0.05, 0) is 36.8 Å². The van der Waals surface area contributed by atoms with Crippen molar-refractivity contribution in [1.82, 2.24) is 5.32 Å². The van der Waals surface area contributed by atoms with Crippen LogP contribution in [0.4, 0.5) is 0 Å². The molecule has 1 unspecified atom stereocenters. The molecule has 0 spiro atoms. The van der Waals surface area contributed by atoms with Crippen molar-refractivity contribution in [1.29, 1.82) is 0 Å². The highest BCUT2D eigenvalue weighted by Crippen LogP contribution is 2.40. The van der Waals surface area contributed by atoms with E-state index in [0.717, 1.165) is 11.5 Å². The first kappa shape index (κ1) is 13.8. The van der Waals surface area contributed by atoms with E-state index in [-0.39, 0.29) is 5.97 Å². The first-order chi connectivity index (χ1) is 9.26.